The Bertz CT molecular complexity index is 636. The molecule has 20 heavy (non-hydrogen) atoms. The second kappa shape index (κ2) is 5.04. The SMILES string of the molecule is O=C(Nc1cc(Cl)nc(Cl)n1)C1(c2ccccc2)CC1. The molecule has 1 saturated carbocycles. The highest BCUT2D eigenvalue weighted by Crippen LogP contribution is 2.48. The van der Waals surface area contributed by atoms with Gasteiger partial charge in [-0.05, 0) is 30.0 Å². The molecule has 4 nitrogen and oxygen atoms in total. The summed E-state index contributed by atoms with van der Waals surface area (Å²) >= 11 is 11.5. The van der Waals surface area contributed by atoms with Crippen LogP contribution in [0.4, 0.5) is 5.82 Å². The Morgan fingerprint density at radius 1 is 1.15 bits per heavy atom. The van der Waals surface area contributed by atoms with Crippen molar-refractivity contribution in [2.24, 2.45) is 0 Å². The van der Waals surface area contributed by atoms with E-state index in [1.54, 1.807) is 0 Å². The molecule has 1 amide bonds. The van der Waals surface area contributed by atoms with Gasteiger partial charge in [0.2, 0.25) is 11.2 Å². The van der Waals surface area contributed by atoms with Crippen molar-refractivity contribution < 1.29 is 4.79 Å². The fourth-order valence-corrected chi connectivity index (χ4v) is 2.63. The predicted molar refractivity (Wildman–Crippen MR) is 78.0 cm³/mol. The quantitative estimate of drug-likeness (QED) is 0.698. The number of aromatic nitrogens is 2. The Balaban J connectivity index is 1.83. The normalized spacial score (nSPS) is 15.7. The van der Waals surface area contributed by atoms with Crippen molar-refractivity contribution in [1.82, 2.24) is 9.97 Å². The average molecular weight is 308 g/mol. The van der Waals surface area contributed by atoms with Crippen LogP contribution in [0.5, 0.6) is 0 Å². The van der Waals surface area contributed by atoms with E-state index in [0.717, 1.165) is 18.4 Å². The molecule has 1 aromatic heterocycles. The molecule has 3 rings (SSSR count). The molecule has 1 aromatic carbocycles. The third-order valence-electron chi connectivity index (χ3n) is 3.42. The lowest BCUT2D eigenvalue weighted by Crippen LogP contribution is -2.28. The summed E-state index contributed by atoms with van der Waals surface area (Å²) in [7, 11) is 0. The van der Waals surface area contributed by atoms with E-state index in [0.29, 0.717) is 5.82 Å². The number of nitrogens with one attached hydrogen (secondary N) is 1. The molecule has 1 N–H and O–H groups in total. The second-order valence-corrected chi connectivity index (χ2v) is 5.47. The minimum Gasteiger partial charge on any atom is -0.310 e. The van der Waals surface area contributed by atoms with Gasteiger partial charge in [-0.2, -0.15) is 0 Å². The van der Waals surface area contributed by atoms with E-state index in [4.69, 9.17) is 23.2 Å². The van der Waals surface area contributed by atoms with Crippen molar-refractivity contribution in [2.45, 2.75) is 18.3 Å². The minimum atomic E-state index is -0.453. The zero-order valence-corrected chi connectivity index (χ0v) is 11.9. The molecule has 0 atom stereocenters. The van der Waals surface area contributed by atoms with Gasteiger partial charge in [-0.3, -0.25) is 4.79 Å². The van der Waals surface area contributed by atoms with Crippen LogP contribution < -0.4 is 5.32 Å². The van der Waals surface area contributed by atoms with E-state index < -0.39 is 5.41 Å². The number of hydrogen-bond acceptors (Lipinski definition) is 3. The van der Waals surface area contributed by atoms with Crippen LogP contribution in [0.25, 0.3) is 0 Å². The van der Waals surface area contributed by atoms with Crippen molar-refractivity contribution in [3.8, 4) is 0 Å². The summed E-state index contributed by atoms with van der Waals surface area (Å²) in [5.74, 6) is 0.233. The Labute approximate surface area is 126 Å². The molecule has 6 heteroatoms. The molecule has 2 aromatic rings. The zero-order valence-electron chi connectivity index (χ0n) is 10.4. The lowest BCUT2D eigenvalue weighted by Gasteiger charge is -2.15. The number of hydrogen-bond donors (Lipinski definition) is 1. The number of rotatable bonds is 3. The fourth-order valence-electron chi connectivity index (χ4n) is 2.22. The molecule has 102 valence electrons. The molecule has 0 radical (unpaired) electrons. The maximum atomic E-state index is 12.5. The van der Waals surface area contributed by atoms with E-state index in [2.05, 4.69) is 15.3 Å². The van der Waals surface area contributed by atoms with Gasteiger partial charge < -0.3 is 5.32 Å². The second-order valence-electron chi connectivity index (χ2n) is 4.75. The van der Waals surface area contributed by atoms with Crippen molar-refractivity contribution in [1.29, 1.82) is 0 Å². The Kier molecular flexibility index (Phi) is 3.36. The van der Waals surface area contributed by atoms with Gasteiger partial charge in [-0.25, -0.2) is 9.97 Å². The minimum absolute atomic E-state index is 0.0114. The van der Waals surface area contributed by atoms with Crippen LogP contribution in [-0.4, -0.2) is 15.9 Å². The van der Waals surface area contributed by atoms with Crippen molar-refractivity contribution in [3.05, 3.63) is 52.4 Å². The van der Waals surface area contributed by atoms with Gasteiger partial charge in [-0.1, -0.05) is 41.9 Å². The average Bonchev–Trinajstić information content (AvgIpc) is 3.20. The van der Waals surface area contributed by atoms with E-state index in [-0.39, 0.29) is 16.3 Å². The van der Waals surface area contributed by atoms with Crippen LogP contribution >= 0.6 is 23.2 Å². The molecule has 1 heterocycles. The van der Waals surface area contributed by atoms with Crippen LogP contribution in [0.15, 0.2) is 36.4 Å². The third kappa shape index (κ3) is 2.49. The van der Waals surface area contributed by atoms with Crippen molar-refractivity contribution >= 4 is 34.9 Å². The first-order valence-electron chi connectivity index (χ1n) is 6.17. The maximum Gasteiger partial charge on any atom is 0.236 e. The monoisotopic (exact) mass is 307 g/mol. The van der Waals surface area contributed by atoms with Crippen LogP contribution in [0, 0.1) is 0 Å². The highest BCUT2D eigenvalue weighted by molar-refractivity contribution is 6.32. The molecular formula is C14H11Cl2N3O. The fraction of sp³-hybridized carbons (Fsp3) is 0.214. The number of anilines is 1. The molecule has 1 fully saturated rings. The van der Waals surface area contributed by atoms with Gasteiger partial charge in [0.15, 0.2) is 0 Å². The van der Waals surface area contributed by atoms with Gasteiger partial charge in [-0.15, -0.1) is 0 Å². The Morgan fingerprint density at radius 2 is 1.85 bits per heavy atom. The van der Waals surface area contributed by atoms with E-state index >= 15 is 0 Å². The smallest absolute Gasteiger partial charge is 0.236 e. The van der Waals surface area contributed by atoms with Crippen LogP contribution in [0.2, 0.25) is 10.4 Å². The third-order valence-corrected chi connectivity index (χ3v) is 3.78. The molecule has 0 spiro atoms. The van der Waals surface area contributed by atoms with Crippen LogP contribution in [0.1, 0.15) is 18.4 Å². The number of carbonyl (C=O) groups excluding carboxylic acids is 1. The summed E-state index contributed by atoms with van der Waals surface area (Å²) in [5, 5.41) is 2.98. The molecule has 0 unspecified atom stereocenters. The predicted octanol–water partition coefficient (Wildman–Crippen LogP) is 3.45. The first kappa shape index (κ1) is 13.3. The zero-order chi connectivity index (χ0) is 14.2. The summed E-state index contributed by atoms with van der Waals surface area (Å²) in [6.45, 7) is 0. The Morgan fingerprint density at radius 3 is 2.45 bits per heavy atom. The van der Waals surface area contributed by atoms with Crippen LogP contribution in [0.3, 0.4) is 0 Å². The van der Waals surface area contributed by atoms with Gasteiger partial charge in [0, 0.05) is 6.07 Å². The summed E-state index contributed by atoms with van der Waals surface area (Å²) in [6, 6.07) is 11.2. The Hall–Kier alpha value is -1.65. The lowest BCUT2D eigenvalue weighted by atomic mass is 9.95. The van der Waals surface area contributed by atoms with E-state index in [1.165, 1.54) is 6.07 Å². The van der Waals surface area contributed by atoms with Gasteiger partial charge in [0.25, 0.3) is 0 Å². The molecular weight excluding hydrogens is 297 g/mol. The largest absolute Gasteiger partial charge is 0.310 e. The van der Waals surface area contributed by atoms with Gasteiger partial charge >= 0.3 is 0 Å². The summed E-state index contributed by atoms with van der Waals surface area (Å²) in [5.41, 5.74) is 0.564. The van der Waals surface area contributed by atoms with Gasteiger partial charge in [0.05, 0.1) is 5.41 Å². The molecule has 0 bridgehead atoms. The van der Waals surface area contributed by atoms with Crippen molar-refractivity contribution in [2.75, 3.05) is 5.32 Å². The summed E-state index contributed by atoms with van der Waals surface area (Å²) in [4.78, 5) is 20.2. The maximum absolute atomic E-state index is 12.5. The van der Waals surface area contributed by atoms with Crippen LogP contribution in [-0.2, 0) is 10.2 Å². The lowest BCUT2D eigenvalue weighted by molar-refractivity contribution is -0.118. The van der Waals surface area contributed by atoms with Crippen molar-refractivity contribution in [3.63, 3.8) is 0 Å². The highest BCUT2D eigenvalue weighted by Gasteiger charge is 2.51. The standard InChI is InChI=1S/C14H11Cl2N3O/c15-10-8-11(19-13(16)17-10)18-12(20)14(6-7-14)9-4-2-1-3-5-9/h1-5,8H,6-7H2,(H,17,18,19,20). The molecule has 0 aliphatic heterocycles. The number of halogens is 2. The number of nitrogens with zero attached hydrogens (tertiary/aromatic N) is 2. The first-order valence-corrected chi connectivity index (χ1v) is 6.93. The molecule has 0 saturated heterocycles. The highest BCUT2D eigenvalue weighted by atomic mass is 35.5. The van der Waals surface area contributed by atoms with E-state index in [1.807, 2.05) is 30.3 Å². The topological polar surface area (TPSA) is 54.9 Å². The molecule has 1 aliphatic carbocycles. The van der Waals surface area contributed by atoms with E-state index in [9.17, 15) is 4.79 Å². The summed E-state index contributed by atoms with van der Waals surface area (Å²) in [6.07, 6.45) is 1.66. The number of benzene rings is 1. The summed E-state index contributed by atoms with van der Waals surface area (Å²) < 4.78 is 0. The van der Waals surface area contributed by atoms with Gasteiger partial charge in [0.1, 0.15) is 11.0 Å². The molecule has 1 aliphatic rings. The first-order chi connectivity index (χ1) is 9.60. The number of carbonyl (C=O) groups is 1. The number of amides is 1.